The Bertz CT molecular complexity index is 1110. The molecule has 0 spiro atoms. The first-order valence-corrected chi connectivity index (χ1v) is 9.74. The monoisotopic (exact) mass is 406 g/mol. The van der Waals surface area contributed by atoms with Crippen molar-refractivity contribution in [2.24, 2.45) is 5.92 Å². The van der Waals surface area contributed by atoms with Crippen LogP contribution < -0.4 is 10.9 Å². The molecule has 2 heterocycles. The third-order valence-electron chi connectivity index (χ3n) is 4.68. The van der Waals surface area contributed by atoms with Crippen molar-refractivity contribution in [2.75, 3.05) is 5.32 Å². The quantitative estimate of drug-likeness (QED) is 0.723. The van der Waals surface area contributed by atoms with E-state index < -0.39 is 11.7 Å². The molecule has 0 saturated carbocycles. The fraction of sp³-hybridized carbons (Fsp3) is 0.333. The molecular formula is C18H16ClFN4O2S. The van der Waals surface area contributed by atoms with Crippen molar-refractivity contribution in [2.45, 2.75) is 32.7 Å². The van der Waals surface area contributed by atoms with E-state index in [-0.39, 0.29) is 17.1 Å². The number of nitrogens with zero attached hydrogens (tertiary/aromatic N) is 3. The Morgan fingerprint density at radius 1 is 1.48 bits per heavy atom. The van der Waals surface area contributed by atoms with Crippen molar-refractivity contribution >= 4 is 44.7 Å². The van der Waals surface area contributed by atoms with E-state index in [0.29, 0.717) is 21.8 Å². The number of aromatic nitrogens is 3. The molecular weight excluding hydrogens is 391 g/mol. The van der Waals surface area contributed by atoms with Gasteiger partial charge in [-0.25, -0.2) is 9.07 Å². The van der Waals surface area contributed by atoms with Gasteiger partial charge in [0, 0.05) is 10.6 Å². The van der Waals surface area contributed by atoms with Gasteiger partial charge < -0.3 is 5.32 Å². The molecule has 1 amide bonds. The standard InChI is InChI=1S/C18H16ClFN4O2S/c1-9-2-4-11-14(6-9)27-17-16(11)18(26)24(23-22-17)8-15(25)21-10-3-5-13(20)12(19)7-10/h3,5,7,9H,2,4,6,8H2,1H3,(H,21,25)/t9-/m0/s1. The number of halogens is 2. The van der Waals surface area contributed by atoms with Crippen LogP contribution in [0.15, 0.2) is 23.0 Å². The summed E-state index contributed by atoms with van der Waals surface area (Å²) in [5.74, 6) is -0.445. The highest BCUT2D eigenvalue weighted by Crippen LogP contribution is 2.35. The summed E-state index contributed by atoms with van der Waals surface area (Å²) in [4.78, 5) is 26.9. The van der Waals surface area contributed by atoms with Gasteiger partial charge in [-0.3, -0.25) is 9.59 Å². The third kappa shape index (κ3) is 3.46. The van der Waals surface area contributed by atoms with Crippen LogP contribution in [0.1, 0.15) is 23.8 Å². The molecule has 1 aliphatic rings. The van der Waals surface area contributed by atoms with Gasteiger partial charge in [-0.15, -0.1) is 16.4 Å². The first-order valence-electron chi connectivity index (χ1n) is 8.55. The van der Waals surface area contributed by atoms with Crippen LogP contribution in [0.5, 0.6) is 0 Å². The van der Waals surface area contributed by atoms with Gasteiger partial charge in [-0.2, -0.15) is 0 Å². The largest absolute Gasteiger partial charge is 0.324 e. The zero-order valence-corrected chi connectivity index (χ0v) is 16.0. The summed E-state index contributed by atoms with van der Waals surface area (Å²) in [5, 5.41) is 11.1. The van der Waals surface area contributed by atoms with Gasteiger partial charge in [0.05, 0.1) is 10.4 Å². The van der Waals surface area contributed by atoms with Crippen LogP contribution in [0.3, 0.4) is 0 Å². The summed E-state index contributed by atoms with van der Waals surface area (Å²) in [5.41, 5.74) is 1.09. The number of nitrogens with one attached hydrogen (secondary N) is 1. The topological polar surface area (TPSA) is 76.9 Å². The van der Waals surface area contributed by atoms with E-state index >= 15 is 0 Å². The maximum atomic E-state index is 13.2. The smallest absolute Gasteiger partial charge is 0.279 e. The average molecular weight is 407 g/mol. The van der Waals surface area contributed by atoms with E-state index in [9.17, 15) is 14.0 Å². The van der Waals surface area contributed by atoms with Gasteiger partial charge >= 0.3 is 0 Å². The molecule has 140 valence electrons. The van der Waals surface area contributed by atoms with Gasteiger partial charge in [0.25, 0.3) is 5.56 Å². The van der Waals surface area contributed by atoms with Crippen molar-refractivity contribution in [3.8, 4) is 0 Å². The number of benzene rings is 1. The number of rotatable bonds is 3. The second kappa shape index (κ2) is 7.01. The van der Waals surface area contributed by atoms with Crippen LogP contribution in [-0.4, -0.2) is 20.9 Å². The molecule has 3 aromatic rings. The minimum Gasteiger partial charge on any atom is -0.324 e. The van der Waals surface area contributed by atoms with E-state index in [2.05, 4.69) is 22.6 Å². The highest BCUT2D eigenvalue weighted by molar-refractivity contribution is 7.18. The van der Waals surface area contributed by atoms with E-state index in [1.807, 2.05) is 0 Å². The Hall–Kier alpha value is -2.32. The molecule has 0 bridgehead atoms. The summed E-state index contributed by atoms with van der Waals surface area (Å²) in [7, 11) is 0. The highest BCUT2D eigenvalue weighted by Gasteiger charge is 2.24. The van der Waals surface area contributed by atoms with E-state index in [0.717, 1.165) is 35.6 Å². The van der Waals surface area contributed by atoms with Crippen LogP contribution in [0.25, 0.3) is 10.2 Å². The van der Waals surface area contributed by atoms with Gasteiger partial charge in [0.2, 0.25) is 5.91 Å². The number of amides is 1. The van der Waals surface area contributed by atoms with E-state index in [1.54, 1.807) is 0 Å². The van der Waals surface area contributed by atoms with Crippen LogP contribution in [0.2, 0.25) is 5.02 Å². The van der Waals surface area contributed by atoms with Crippen LogP contribution in [-0.2, 0) is 24.2 Å². The zero-order chi connectivity index (χ0) is 19.1. The first-order chi connectivity index (χ1) is 12.9. The molecule has 2 aromatic heterocycles. The predicted molar refractivity (Wildman–Crippen MR) is 103 cm³/mol. The van der Waals surface area contributed by atoms with E-state index in [1.165, 1.54) is 28.3 Å². The molecule has 27 heavy (non-hydrogen) atoms. The van der Waals surface area contributed by atoms with Crippen molar-refractivity contribution in [3.05, 3.63) is 49.8 Å². The Kier molecular flexibility index (Phi) is 4.69. The molecule has 0 unspecified atom stereocenters. The number of carbonyl (C=O) groups excluding carboxylic acids is 1. The summed E-state index contributed by atoms with van der Waals surface area (Å²) >= 11 is 7.22. The predicted octanol–water partition coefficient (Wildman–Crippen LogP) is 3.41. The summed E-state index contributed by atoms with van der Waals surface area (Å²) in [6.45, 7) is 1.92. The maximum Gasteiger partial charge on any atom is 0.279 e. The lowest BCUT2D eigenvalue weighted by Crippen LogP contribution is -2.30. The second-order valence-corrected chi connectivity index (χ2v) is 8.25. The molecule has 0 saturated heterocycles. The maximum absolute atomic E-state index is 13.2. The summed E-state index contributed by atoms with van der Waals surface area (Å²) in [6, 6.07) is 3.87. The van der Waals surface area contributed by atoms with Gasteiger partial charge in [0.15, 0.2) is 4.83 Å². The van der Waals surface area contributed by atoms with Crippen molar-refractivity contribution < 1.29 is 9.18 Å². The number of fused-ring (bicyclic) bond motifs is 3. The Morgan fingerprint density at radius 2 is 2.30 bits per heavy atom. The van der Waals surface area contributed by atoms with Crippen molar-refractivity contribution in [3.63, 3.8) is 0 Å². The number of hydrogen-bond acceptors (Lipinski definition) is 5. The normalized spacial score (nSPS) is 16.3. The first kappa shape index (κ1) is 18.1. The molecule has 1 N–H and O–H groups in total. The number of aryl methyl sites for hydroxylation is 1. The molecule has 6 nitrogen and oxygen atoms in total. The number of thiophene rings is 1. The molecule has 0 radical (unpaired) electrons. The minimum absolute atomic E-state index is 0.0923. The van der Waals surface area contributed by atoms with Gasteiger partial charge in [0.1, 0.15) is 12.4 Å². The summed E-state index contributed by atoms with van der Waals surface area (Å²) in [6.07, 6.45) is 2.83. The molecule has 1 atom stereocenters. The zero-order valence-electron chi connectivity index (χ0n) is 14.5. The minimum atomic E-state index is -0.571. The molecule has 1 aromatic carbocycles. The molecule has 9 heteroatoms. The fourth-order valence-corrected chi connectivity index (χ4v) is 4.80. The van der Waals surface area contributed by atoms with E-state index in [4.69, 9.17) is 11.6 Å². The summed E-state index contributed by atoms with van der Waals surface area (Å²) < 4.78 is 14.3. The average Bonchev–Trinajstić information content (AvgIpc) is 2.98. The lowest BCUT2D eigenvalue weighted by Gasteiger charge is -2.17. The van der Waals surface area contributed by atoms with Crippen molar-refractivity contribution in [1.29, 1.82) is 0 Å². The lowest BCUT2D eigenvalue weighted by atomic mass is 9.89. The molecule has 0 aliphatic heterocycles. The van der Waals surface area contributed by atoms with Crippen LogP contribution in [0.4, 0.5) is 10.1 Å². The number of carbonyl (C=O) groups is 1. The molecule has 4 rings (SSSR count). The number of anilines is 1. The second-order valence-electron chi connectivity index (χ2n) is 6.76. The Balaban J connectivity index is 1.60. The fourth-order valence-electron chi connectivity index (χ4n) is 3.31. The molecule has 1 aliphatic carbocycles. The van der Waals surface area contributed by atoms with Crippen LogP contribution in [0, 0.1) is 11.7 Å². The Labute approximate surface area is 163 Å². The van der Waals surface area contributed by atoms with Crippen molar-refractivity contribution in [1.82, 2.24) is 15.0 Å². The Morgan fingerprint density at radius 3 is 3.07 bits per heavy atom. The van der Waals surface area contributed by atoms with Crippen LogP contribution >= 0.6 is 22.9 Å². The lowest BCUT2D eigenvalue weighted by molar-refractivity contribution is -0.117. The van der Waals surface area contributed by atoms with Gasteiger partial charge in [-0.1, -0.05) is 23.7 Å². The highest BCUT2D eigenvalue weighted by atomic mass is 35.5. The SMILES string of the molecule is C[C@H]1CCc2c(sc3nnn(CC(=O)Nc4ccc(F)c(Cl)c4)c(=O)c23)C1. The molecule has 0 fully saturated rings. The third-order valence-corrected chi connectivity index (χ3v) is 6.11. The van der Waals surface area contributed by atoms with Gasteiger partial charge in [-0.05, 0) is 48.9 Å². The number of hydrogen-bond donors (Lipinski definition) is 1.